The minimum atomic E-state index is -0.963. The SMILES string of the molecule is Cc1ccccc1OCCCC(=O)Nc1ccc(C(C)(C)C(=O)O)cc1. The van der Waals surface area contributed by atoms with Gasteiger partial charge in [0.25, 0.3) is 0 Å². The number of hydrogen-bond donors (Lipinski definition) is 2. The lowest BCUT2D eigenvalue weighted by molar-refractivity contribution is -0.142. The third kappa shape index (κ3) is 5.09. The van der Waals surface area contributed by atoms with E-state index in [-0.39, 0.29) is 5.91 Å². The number of ether oxygens (including phenoxy) is 1. The van der Waals surface area contributed by atoms with Crippen molar-refractivity contribution < 1.29 is 19.4 Å². The summed E-state index contributed by atoms with van der Waals surface area (Å²) in [5, 5.41) is 12.1. The van der Waals surface area contributed by atoms with Crippen molar-refractivity contribution in [1.82, 2.24) is 0 Å². The molecule has 2 rings (SSSR count). The number of nitrogens with one attached hydrogen (secondary N) is 1. The van der Waals surface area contributed by atoms with E-state index in [4.69, 9.17) is 4.74 Å². The van der Waals surface area contributed by atoms with Crippen molar-refractivity contribution in [3.8, 4) is 5.75 Å². The van der Waals surface area contributed by atoms with Crippen LogP contribution in [-0.4, -0.2) is 23.6 Å². The topological polar surface area (TPSA) is 75.6 Å². The van der Waals surface area contributed by atoms with Crippen molar-refractivity contribution in [2.24, 2.45) is 0 Å². The number of benzene rings is 2. The van der Waals surface area contributed by atoms with Gasteiger partial charge in [-0.2, -0.15) is 0 Å². The van der Waals surface area contributed by atoms with Crippen molar-refractivity contribution in [3.05, 3.63) is 59.7 Å². The Morgan fingerprint density at radius 1 is 1.08 bits per heavy atom. The number of carboxylic acids is 1. The summed E-state index contributed by atoms with van der Waals surface area (Å²) in [4.78, 5) is 23.3. The number of anilines is 1. The molecule has 0 heterocycles. The molecule has 0 aliphatic carbocycles. The molecule has 2 aromatic rings. The fraction of sp³-hybridized carbons (Fsp3) is 0.333. The summed E-state index contributed by atoms with van der Waals surface area (Å²) in [7, 11) is 0. The lowest BCUT2D eigenvalue weighted by atomic mass is 9.85. The first-order valence-electron chi connectivity index (χ1n) is 8.63. The molecule has 0 radical (unpaired) electrons. The minimum Gasteiger partial charge on any atom is -0.493 e. The molecule has 5 nitrogen and oxygen atoms in total. The number of carbonyl (C=O) groups is 2. The van der Waals surface area contributed by atoms with Gasteiger partial charge in [-0.25, -0.2) is 0 Å². The zero-order chi connectivity index (χ0) is 19.2. The first kappa shape index (κ1) is 19.5. The predicted molar refractivity (Wildman–Crippen MR) is 102 cm³/mol. The highest BCUT2D eigenvalue weighted by atomic mass is 16.5. The summed E-state index contributed by atoms with van der Waals surface area (Å²) < 4.78 is 5.68. The number of amides is 1. The molecule has 0 unspecified atom stereocenters. The average Bonchev–Trinajstić information content (AvgIpc) is 2.60. The van der Waals surface area contributed by atoms with Crippen LogP contribution in [0.25, 0.3) is 0 Å². The van der Waals surface area contributed by atoms with Crippen LogP contribution in [0, 0.1) is 6.92 Å². The number of carboxylic acid groups (broad SMARTS) is 1. The Bertz CT molecular complexity index is 766. The Balaban J connectivity index is 1.79. The summed E-state index contributed by atoms with van der Waals surface area (Å²) in [5.74, 6) is -0.142. The molecule has 0 spiro atoms. The molecule has 0 saturated heterocycles. The van der Waals surface area contributed by atoms with Crippen LogP contribution < -0.4 is 10.1 Å². The van der Waals surface area contributed by atoms with E-state index in [0.717, 1.165) is 11.3 Å². The highest BCUT2D eigenvalue weighted by molar-refractivity contribution is 5.90. The van der Waals surface area contributed by atoms with Gasteiger partial charge >= 0.3 is 5.97 Å². The zero-order valence-corrected chi connectivity index (χ0v) is 15.4. The monoisotopic (exact) mass is 355 g/mol. The van der Waals surface area contributed by atoms with Crippen molar-refractivity contribution in [1.29, 1.82) is 0 Å². The second-order valence-electron chi connectivity index (χ2n) is 6.77. The third-order valence-corrected chi connectivity index (χ3v) is 4.32. The molecular formula is C21H25NO4. The molecule has 0 aliphatic heterocycles. The Morgan fingerprint density at radius 2 is 1.73 bits per heavy atom. The van der Waals surface area contributed by atoms with E-state index in [0.29, 0.717) is 30.7 Å². The fourth-order valence-corrected chi connectivity index (χ4v) is 2.45. The van der Waals surface area contributed by atoms with E-state index in [2.05, 4.69) is 5.32 Å². The molecule has 1 amide bonds. The maximum absolute atomic E-state index is 12.0. The van der Waals surface area contributed by atoms with Crippen LogP contribution in [0.5, 0.6) is 5.75 Å². The van der Waals surface area contributed by atoms with Gasteiger partial charge in [0.2, 0.25) is 5.91 Å². The largest absolute Gasteiger partial charge is 0.493 e. The molecule has 2 N–H and O–H groups in total. The van der Waals surface area contributed by atoms with Crippen LogP contribution in [0.2, 0.25) is 0 Å². The van der Waals surface area contributed by atoms with E-state index in [1.54, 1.807) is 38.1 Å². The number of rotatable bonds is 8. The van der Waals surface area contributed by atoms with Crippen molar-refractivity contribution in [2.75, 3.05) is 11.9 Å². The smallest absolute Gasteiger partial charge is 0.313 e. The van der Waals surface area contributed by atoms with E-state index in [9.17, 15) is 14.7 Å². The molecule has 0 atom stereocenters. The van der Waals surface area contributed by atoms with Gasteiger partial charge in [-0.05, 0) is 56.5 Å². The fourth-order valence-electron chi connectivity index (χ4n) is 2.45. The van der Waals surface area contributed by atoms with E-state index in [1.165, 1.54) is 0 Å². The summed E-state index contributed by atoms with van der Waals surface area (Å²) in [5.41, 5.74) is 1.45. The van der Waals surface area contributed by atoms with Gasteiger partial charge in [-0.15, -0.1) is 0 Å². The second-order valence-corrected chi connectivity index (χ2v) is 6.77. The molecule has 0 bridgehead atoms. The van der Waals surface area contributed by atoms with E-state index < -0.39 is 11.4 Å². The minimum absolute atomic E-state index is 0.0939. The Kier molecular flexibility index (Phi) is 6.39. The number of para-hydroxylation sites is 1. The highest BCUT2D eigenvalue weighted by Gasteiger charge is 2.29. The van der Waals surface area contributed by atoms with Crippen molar-refractivity contribution >= 4 is 17.6 Å². The number of aliphatic carboxylic acids is 1. The summed E-state index contributed by atoms with van der Waals surface area (Å²) in [6, 6.07) is 14.7. The van der Waals surface area contributed by atoms with Crippen LogP contribution in [0.3, 0.4) is 0 Å². The first-order valence-corrected chi connectivity index (χ1v) is 8.63. The molecule has 0 saturated carbocycles. The zero-order valence-electron chi connectivity index (χ0n) is 15.4. The third-order valence-electron chi connectivity index (χ3n) is 4.32. The Morgan fingerprint density at radius 3 is 2.35 bits per heavy atom. The molecule has 2 aromatic carbocycles. The van der Waals surface area contributed by atoms with Crippen LogP contribution in [-0.2, 0) is 15.0 Å². The Hall–Kier alpha value is -2.82. The maximum atomic E-state index is 12.0. The van der Waals surface area contributed by atoms with Gasteiger partial charge in [-0.1, -0.05) is 30.3 Å². The first-order chi connectivity index (χ1) is 12.3. The lowest BCUT2D eigenvalue weighted by Crippen LogP contribution is -2.28. The average molecular weight is 355 g/mol. The number of aryl methyl sites for hydroxylation is 1. The van der Waals surface area contributed by atoms with Crippen LogP contribution in [0.1, 0.15) is 37.8 Å². The molecule has 5 heteroatoms. The maximum Gasteiger partial charge on any atom is 0.313 e. The molecule has 26 heavy (non-hydrogen) atoms. The molecule has 0 fully saturated rings. The summed E-state index contributed by atoms with van der Waals surface area (Å²) in [6.07, 6.45) is 0.971. The summed E-state index contributed by atoms with van der Waals surface area (Å²) in [6.45, 7) is 5.76. The Labute approximate surface area is 154 Å². The van der Waals surface area contributed by atoms with Crippen molar-refractivity contribution in [3.63, 3.8) is 0 Å². The van der Waals surface area contributed by atoms with Crippen LogP contribution >= 0.6 is 0 Å². The quantitative estimate of drug-likeness (QED) is 0.697. The lowest BCUT2D eigenvalue weighted by Gasteiger charge is -2.19. The predicted octanol–water partition coefficient (Wildman–Crippen LogP) is 4.15. The van der Waals surface area contributed by atoms with E-state index >= 15 is 0 Å². The van der Waals surface area contributed by atoms with Gasteiger partial charge in [0.15, 0.2) is 0 Å². The summed E-state index contributed by atoms with van der Waals surface area (Å²) >= 11 is 0. The standard InChI is InChI=1S/C21H25NO4/c1-15-7-4-5-8-18(15)26-14-6-9-19(23)22-17-12-10-16(11-13-17)21(2,3)20(24)25/h4-5,7-8,10-13H,6,9,14H2,1-3H3,(H,22,23)(H,24,25). The molecule has 0 aliphatic rings. The van der Waals surface area contributed by atoms with E-state index in [1.807, 2.05) is 31.2 Å². The number of carbonyl (C=O) groups excluding carboxylic acids is 1. The second kappa shape index (κ2) is 8.52. The van der Waals surface area contributed by atoms with Crippen molar-refractivity contribution in [2.45, 2.75) is 39.0 Å². The van der Waals surface area contributed by atoms with Gasteiger partial charge in [0.05, 0.1) is 12.0 Å². The van der Waals surface area contributed by atoms with Crippen LogP contribution in [0.15, 0.2) is 48.5 Å². The van der Waals surface area contributed by atoms with Gasteiger partial charge < -0.3 is 15.2 Å². The normalized spacial score (nSPS) is 11.0. The van der Waals surface area contributed by atoms with Gasteiger partial charge in [0, 0.05) is 12.1 Å². The number of hydrogen-bond acceptors (Lipinski definition) is 3. The van der Waals surface area contributed by atoms with Gasteiger partial charge in [-0.3, -0.25) is 9.59 Å². The molecule has 0 aromatic heterocycles. The van der Waals surface area contributed by atoms with Crippen LogP contribution in [0.4, 0.5) is 5.69 Å². The highest BCUT2D eigenvalue weighted by Crippen LogP contribution is 2.25. The molecule has 138 valence electrons. The van der Waals surface area contributed by atoms with Gasteiger partial charge in [0.1, 0.15) is 5.75 Å². The molecular weight excluding hydrogens is 330 g/mol.